The van der Waals surface area contributed by atoms with Crippen molar-refractivity contribution in [3.05, 3.63) is 69.2 Å². The summed E-state index contributed by atoms with van der Waals surface area (Å²) in [6.07, 6.45) is 0. The van der Waals surface area contributed by atoms with Gasteiger partial charge in [-0.2, -0.15) is 4.68 Å². The first-order valence-corrected chi connectivity index (χ1v) is 7.11. The molecule has 3 aromatic rings. The average Bonchev–Trinajstić information content (AvgIpc) is 2.84. The van der Waals surface area contributed by atoms with E-state index in [0.717, 1.165) is 0 Å². The van der Waals surface area contributed by atoms with E-state index in [1.54, 1.807) is 37.3 Å². The first kappa shape index (κ1) is 15.0. The van der Waals surface area contributed by atoms with Crippen LogP contribution in [0.2, 0.25) is 5.15 Å². The molecule has 2 N–H and O–H groups in total. The molecule has 3 rings (SSSR count). The summed E-state index contributed by atoms with van der Waals surface area (Å²) < 4.78 is 1.19. The minimum atomic E-state index is -0.427. The van der Waals surface area contributed by atoms with E-state index in [4.69, 9.17) is 11.6 Å². The van der Waals surface area contributed by atoms with Gasteiger partial charge in [0.2, 0.25) is 0 Å². The zero-order valence-electron chi connectivity index (χ0n) is 12.1. The molecule has 2 heterocycles. The van der Waals surface area contributed by atoms with E-state index in [1.807, 2.05) is 6.07 Å². The van der Waals surface area contributed by atoms with Gasteiger partial charge < -0.3 is 5.32 Å². The molecule has 116 valence electrons. The van der Waals surface area contributed by atoms with Crippen molar-refractivity contribution in [3.8, 4) is 5.82 Å². The van der Waals surface area contributed by atoms with E-state index in [0.29, 0.717) is 11.3 Å². The smallest absolute Gasteiger partial charge is 0.296 e. The summed E-state index contributed by atoms with van der Waals surface area (Å²) in [4.78, 5) is 24.6. The van der Waals surface area contributed by atoms with Gasteiger partial charge >= 0.3 is 0 Å². The van der Waals surface area contributed by atoms with Gasteiger partial charge in [0.25, 0.3) is 11.5 Å². The summed E-state index contributed by atoms with van der Waals surface area (Å²) >= 11 is 5.68. The highest BCUT2D eigenvalue weighted by atomic mass is 35.5. The Morgan fingerprint density at radius 3 is 2.57 bits per heavy atom. The molecule has 0 bridgehead atoms. The number of aromatic amines is 1. The molecule has 7 nitrogen and oxygen atoms in total. The Balaban J connectivity index is 1.94. The number of hydrogen-bond donors (Lipinski definition) is 2. The zero-order valence-corrected chi connectivity index (χ0v) is 12.8. The standard InChI is InChI=1S/C15H12ClN5O2/c1-9-13(17-14(22)10-5-3-2-4-6-10)15(23)21(20-9)12-8-7-11(16)18-19-12/h2-8,20H,1H3,(H,17,22). The van der Waals surface area contributed by atoms with Gasteiger partial charge in [0.05, 0.1) is 5.69 Å². The van der Waals surface area contributed by atoms with Crippen LogP contribution in [0.5, 0.6) is 0 Å². The van der Waals surface area contributed by atoms with Crippen LogP contribution in [0.15, 0.2) is 47.3 Å². The van der Waals surface area contributed by atoms with E-state index in [-0.39, 0.29) is 22.6 Å². The number of halogens is 1. The van der Waals surface area contributed by atoms with Gasteiger partial charge in [0, 0.05) is 5.56 Å². The van der Waals surface area contributed by atoms with E-state index in [2.05, 4.69) is 20.6 Å². The van der Waals surface area contributed by atoms with Crippen LogP contribution in [-0.2, 0) is 0 Å². The van der Waals surface area contributed by atoms with Gasteiger partial charge in [0.15, 0.2) is 11.0 Å². The van der Waals surface area contributed by atoms with Crippen LogP contribution < -0.4 is 10.9 Å². The highest BCUT2D eigenvalue weighted by molar-refractivity contribution is 6.29. The van der Waals surface area contributed by atoms with Gasteiger partial charge in [0.1, 0.15) is 5.69 Å². The largest absolute Gasteiger partial charge is 0.316 e. The second-order valence-electron chi connectivity index (χ2n) is 4.79. The maximum absolute atomic E-state index is 12.5. The number of rotatable bonds is 3. The number of amides is 1. The van der Waals surface area contributed by atoms with Gasteiger partial charge in [-0.15, -0.1) is 10.2 Å². The fraction of sp³-hybridized carbons (Fsp3) is 0.0667. The van der Waals surface area contributed by atoms with E-state index in [9.17, 15) is 9.59 Å². The minimum absolute atomic E-state index is 0.163. The van der Waals surface area contributed by atoms with Crippen molar-refractivity contribution in [2.75, 3.05) is 5.32 Å². The fourth-order valence-electron chi connectivity index (χ4n) is 2.06. The van der Waals surface area contributed by atoms with Gasteiger partial charge in [-0.05, 0) is 31.2 Å². The lowest BCUT2D eigenvalue weighted by Gasteiger charge is -2.02. The summed E-state index contributed by atoms with van der Waals surface area (Å²) in [6.45, 7) is 1.68. The minimum Gasteiger partial charge on any atom is -0.316 e. The van der Waals surface area contributed by atoms with Crippen molar-refractivity contribution in [1.82, 2.24) is 20.0 Å². The number of aryl methyl sites for hydroxylation is 1. The number of nitrogens with zero attached hydrogens (tertiary/aromatic N) is 3. The zero-order chi connectivity index (χ0) is 16.4. The predicted octanol–water partition coefficient (Wildman–Crippen LogP) is 2.17. The first-order chi connectivity index (χ1) is 11.1. The quantitative estimate of drug-likeness (QED) is 0.770. The Morgan fingerprint density at radius 1 is 1.17 bits per heavy atom. The molecule has 23 heavy (non-hydrogen) atoms. The lowest BCUT2D eigenvalue weighted by Crippen LogP contribution is -2.22. The molecule has 0 fully saturated rings. The van der Waals surface area contributed by atoms with Gasteiger partial charge in [-0.3, -0.25) is 14.7 Å². The van der Waals surface area contributed by atoms with Crippen LogP contribution in [-0.4, -0.2) is 25.9 Å². The molecule has 0 saturated heterocycles. The molecule has 1 amide bonds. The van der Waals surface area contributed by atoms with Crippen LogP contribution in [0.4, 0.5) is 5.69 Å². The van der Waals surface area contributed by atoms with Crippen LogP contribution in [0.3, 0.4) is 0 Å². The highest BCUT2D eigenvalue weighted by Gasteiger charge is 2.16. The molecule has 0 aliphatic rings. The highest BCUT2D eigenvalue weighted by Crippen LogP contribution is 2.12. The third-order valence-electron chi connectivity index (χ3n) is 3.19. The van der Waals surface area contributed by atoms with Crippen LogP contribution >= 0.6 is 11.6 Å². The summed E-state index contributed by atoms with van der Waals surface area (Å²) in [5, 5.41) is 13.2. The van der Waals surface area contributed by atoms with Crippen molar-refractivity contribution in [2.24, 2.45) is 0 Å². The lowest BCUT2D eigenvalue weighted by molar-refractivity contribution is 0.102. The van der Waals surface area contributed by atoms with E-state index in [1.165, 1.54) is 10.7 Å². The average molecular weight is 330 g/mol. The fourth-order valence-corrected chi connectivity index (χ4v) is 2.16. The molecule has 0 aliphatic heterocycles. The van der Waals surface area contributed by atoms with Gasteiger partial charge in [-0.1, -0.05) is 29.8 Å². The van der Waals surface area contributed by atoms with Crippen LogP contribution in [0, 0.1) is 6.92 Å². The molecule has 1 aromatic carbocycles. The van der Waals surface area contributed by atoms with Crippen molar-refractivity contribution < 1.29 is 4.79 Å². The summed E-state index contributed by atoms with van der Waals surface area (Å²) in [7, 11) is 0. The molecule has 8 heteroatoms. The molecule has 2 aromatic heterocycles. The Morgan fingerprint density at radius 2 is 1.91 bits per heavy atom. The topological polar surface area (TPSA) is 92.7 Å². The third-order valence-corrected chi connectivity index (χ3v) is 3.39. The van der Waals surface area contributed by atoms with Crippen molar-refractivity contribution in [3.63, 3.8) is 0 Å². The number of hydrogen-bond acceptors (Lipinski definition) is 4. The second kappa shape index (κ2) is 6.05. The molecule has 0 spiro atoms. The van der Waals surface area contributed by atoms with Crippen LogP contribution in [0.25, 0.3) is 5.82 Å². The van der Waals surface area contributed by atoms with E-state index >= 15 is 0 Å². The molecule has 0 saturated carbocycles. The lowest BCUT2D eigenvalue weighted by atomic mass is 10.2. The van der Waals surface area contributed by atoms with E-state index < -0.39 is 5.56 Å². The molecule has 0 atom stereocenters. The van der Waals surface area contributed by atoms with Crippen LogP contribution in [0.1, 0.15) is 16.1 Å². The summed E-state index contributed by atoms with van der Waals surface area (Å²) in [5.41, 5.74) is 0.709. The Hall–Kier alpha value is -2.93. The molecule has 0 unspecified atom stereocenters. The number of benzene rings is 1. The molecular formula is C15H12ClN5O2. The Labute approximate surface area is 135 Å². The Bertz CT molecular complexity index is 900. The second-order valence-corrected chi connectivity index (χ2v) is 5.17. The molecular weight excluding hydrogens is 318 g/mol. The third kappa shape index (κ3) is 3.00. The number of H-pyrrole nitrogens is 1. The number of nitrogens with one attached hydrogen (secondary N) is 2. The number of aromatic nitrogens is 4. The first-order valence-electron chi connectivity index (χ1n) is 6.74. The monoisotopic (exact) mass is 329 g/mol. The van der Waals surface area contributed by atoms with Gasteiger partial charge in [-0.25, -0.2) is 0 Å². The predicted molar refractivity (Wildman–Crippen MR) is 86.1 cm³/mol. The summed E-state index contributed by atoms with van der Waals surface area (Å²) in [5.74, 6) is -0.0816. The van der Waals surface area contributed by atoms with Crippen molar-refractivity contribution >= 4 is 23.2 Å². The van der Waals surface area contributed by atoms with Crippen molar-refractivity contribution in [1.29, 1.82) is 0 Å². The SMILES string of the molecule is Cc1[nH]n(-c2ccc(Cl)nn2)c(=O)c1NC(=O)c1ccccc1. The number of carbonyl (C=O) groups is 1. The number of anilines is 1. The summed E-state index contributed by atoms with van der Waals surface area (Å²) in [6, 6.07) is 11.7. The van der Waals surface area contributed by atoms with Crippen molar-refractivity contribution in [2.45, 2.75) is 6.92 Å². The molecule has 0 aliphatic carbocycles. The normalized spacial score (nSPS) is 10.5. The maximum atomic E-state index is 12.5. The molecule has 0 radical (unpaired) electrons. The number of carbonyl (C=O) groups excluding carboxylic acids is 1. The Kier molecular flexibility index (Phi) is 3.94. The maximum Gasteiger partial charge on any atom is 0.296 e.